The minimum absolute atomic E-state index is 0.0828. The Balaban J connectivity index is 0.000000218. The number of thiophene rings is 2. The van der Waals surface area contributed by atoms with E-state index in [0.29, 0.717) is 20.9 Å². The third-order valence-corrected chi connectivity index (χ3v) is 19.4. The maximum Gasteiger partial charge on any atom is 0.308 e. The van der Waals surface area contributed by atoms with Crippen molar-refractivity contribution in [2.24, 2.45) is 9.98 Å². The zero-order chi connectivity index (χ0) is 48.0. The van der Waals surface area contributed by atoms with E-state index < -0.39 is 23.3 Å². The Bertz CT molecular complexity index is 2830. The summed E-state index contributed by atoms with van der Waals surface area (Å²) in [7, 11) is 5.63. The summed E-state index contributed by atoms with van der Waals surface area (Å²) < 4.78 is 13.1. The van der Waals surface area contributed by atoms with E-state index in [1.165, 1.54) is 45.3 Å². The number of carbonyl (C=O) groups excluding carboxylic acids is 2. The Hall–Kier alpha value is -2.95. The van der Waals surface area contributed by atoms with Crippen molar-refractivity contribution in [3.63, 3.8) is 0 Å². The van der Waals surface area contributed by atoms with Crippen molar-refractivity contribution in [3.8, 4) is 5.00 Å². The van der Waals surface area contributed by atoms with Gasteiger partial charge >= 0.3 is 11.9 Å². The molecule has 10 nitrogen and oxygen atoms in total. The van der Waals surface area contributed by atoms with E-state index in [2.05, 4.69) is 65.6 Å². The second kappa shape index (κ2) is 22.9. The normalized spacial score (nSPS) is 15.2. The summed E-state index contributed by atoms with van der Waals surface area (Å²) >= 11 is 30.1. The molecular formula is C44H48Cl2N6O4S9. The number of aryl methyl sites for hydroxylation is 3. The molecule has 7 rings (SSSR count). The van der Waals surface area contributed by atoms with E-state index in [4.69, 9.17) is 54.9 Å². The predicted octanol–water partition coefficient (Wildman–Crippen LogP) is 11.2. The van der Waals surface area contributed by atoms with Gasteiger partial charge in [-0.25, -0.2) is 0 Å². The van der Waals surface area contributed by atoms with Gasteiger partial charge in [0.05, 0.1) is 24.3 Å². The number of esters is 2. The number of rotatable bonds is 6. The number of benzene rings is 2. The molecule has 0 radical (unpaired) electrons. The number of aromatic nitrogens is 3. The molecule has 2 aromatic carbocycles. The molecule has 0 spiro atoms. The van der Waals surface area contributed by atoms with Crippen LogP contribution in [0.2, 0.25) is 10.0 Å². The summed E-state index contributed by atoms with van der Waals surface area (Å²) in [5.41, 5.74) is 6.78. The number of carbonyl (C=O) groups is 2. The molecule has 2 aliphatic heterocycles. The average molecular weight is 1080 g/mol. The van der Waals surface area contributed by atoms with Gasteiger partial charge in [0.2, 0.25) is 0 Å². The minimum Gasteiger partial charge on any atom is -0.460 e. The van der Waals surface area contributed by atoms with E-state index in [9.17, 15) is 9.59 Å². The van der Waals surface area contributed by atoms with Crippen LogP contribution in [0.1, 0.15) is 115 Å². The van der Waals surface area contributed by atoms with Crippen molar-refractivity contribution in [1.82, 2.24) is 14.8 Å². The highest BCUT2D eigenvalue weighted by Crippen LogP contribution is 2.40. The van der Waals surface area contributed by atoms with Crippen molar-refractivity contribution in [1.29, 1.82) is 0 Å². The van der Waals surface area contributed by atoms with Crippen molar-refractivity contribution >= 4 is 149 Å². The summed E-state index contributed by atoms with van der Waals surface area (Å²) in [4.78, 5) is 38.0. The standard InChI is InChI=1S/C23H25ClN4O2S.C21H23ClN2O2S2.S6/c1-12-13(2)31-22-19(12)20(15-7-9-16(24)10-8-15)25-17(11-18(29)30-23(4,5)6)21-27-26-14(3)28(21)22;1-11-12(2)28-20-17(11)18(13-6-8-14(22)9-7-13)23-15(19(27)24-20)10-16(25)26-21(3,4)5;1-3-5-6-4-2/h7-10,17H,11H2,1-6H3;6-9,15H,10H2,1-5H3,(H,24,27);. The topological polar surface area (TPSA) is 120 Å². The first-order valence-electron chi connectivity index (χ1n) is 20.0. The lowest BCUT2D eigenvalue weighted by Crippen LogP contribution is -2.31. The highest BCUT2D eigenvalue weighted by Gasteiger charge is 2.34. The molecule has 2 aliphatic rings. The molecule has 5 aromatic rings. The molecule has 346 valence electrons. The lowest BCUT2D eigenvalue weighted by atomic mass is 9.99. The third kappa shape index (κ3) is 14.1. The first kappa shape index (κ1) is 53.0. The monoisotopic (exact) mass is 1080 g/mol. The van der Waals surface area contributed by atoms with Gasteiger partial charge in [-0.15, -0.1) is 32.9 Å². The SMILES string of the molecule is Cc1sc2c(c1C)C(c1ccc(Cl)cc1)=NC(CC(=O)OC(C)(C)C)C(=S)N2.Cc1sc2c(c1C)C(c1ccc(Cl)cc1)=NC(CC(=O)OC(C)(C)C)c1nnc(C)n1-2.S=S=S=S=S=S. The summed E-state index contributed by atoms with van der Waals surface area (Å²) in [6, 6.07) is 14.2. The maximum atomic E-state index is 12.7. The molecule has 0 aliphatic carbocycles. The quantitative estimate of drug-likeness (QED) is 0.130. The Morgan fingerprint density at radius 1 is 0.708 bits per heavy atom. The van der Waals surface area contributed by atoms with Crippen molar-refractivity contribution < 1.29 is 19.1 Å². The number of hydrogen-bond acceptors (Lipinski definition) is 13. The molecule has 2 unspecified atom stereocenters. The number of anilines is 1. The number of halogens is 2. The molecule has 1 N–H and O–H groups in total. The van der Waals surface area contributed by atoms with Crippen molar-refractivity contribution in [3.05, 3.63) is 113 Å². The molecule has 0 bridgehead atoms. The first-order chi connectivity index (χ1) is 30.5. The van der Waals surface area contributed by atoms with Crippen molar-refractivity contribution in [2.45, 2.75) is 112 Å². The number of aliphatic imine (C=N–C) groups is 2. The highest BCUT2D eigenvalue weighted by molar-refractivity contribution is 8.64. The molecule has 0 saturated carbocycles. The number of hydrogen-bond donors (Lipinski definition) is 1. The predicted molar refractivity (Wildman–Crippen MR) is 289 cm³/mol. The molecule has 0 fully saturated rings. The molecule has 2 atom stereocenters. The molecule has 5 heterocycles. The van der Waals surface area contributed by atoms with E-state index in [0.717, 1.165) is 60.6 Å². The number of thiocarbonyl (C=S) groups is 1. The van der Waals surface area contributed by atoms with Crippen LogP contribution in [0.3, 0.4) is 0 Å². The maximum absolute atomic E-state index is 12.7. The molecule has 0 amide bonds. The van der Waals surface area contributed by atoms with Crippen LogP contribution in [0.25, 0.3) is 5.00 Å². The van der Waals surface area contributed by atoms with Crippen LogP contribution < -0.4 is 5.32 Å². The number of ether oxygens (including phenoxy) is 2. The van der Waals surface area contributed by atoms with Crippen LogP contribution >= 0.6 is 58.1 Å². The largest absolute Gasteiger partial charge is 0.460 e. The molecule has 3 aromatic heterocycles. The number of nitrogens with one attached hydrogen (secondary N) is 1. The summed E-state index contributed by atoms with van der Waals surface area (Å²) in [5, 5.41) is 15.3. The second-order valence-electron chi connectivity index (χ2n) is 16.7. The number of nitrogens with zero attached hydrogens (tertiary/aromatic N) is 5. The Labute approximate surface area is 425 Å². The Morgan fingerprint density at radius 2 is 1.15 bits per heavy atom. The third-order valence-electron chi connectivity index (χ3n) is 9.56. The van der Waals surface area contributed by atoms with Crippen LogP contribution in [0, 0.1) is 34.6 Å². The van der Waals surface area contributed by atoms with E-state index in [1.54, 1.807) is 22.7 Å². The van der Waals surface area contributed by atoms with Crippen molar-refractivity contribution in [2.75, 3.05) is 5.32 Å². The van der Waals surface area contributed by atoms with Gasteiger partial charge in [0.25, 0.3) is 0 Å². The smallest absolute Gasteiger partial charge is 0.308 e. The van der Waals surface area contributed by atoms with Crippen LogP contribution in [-0.2, 0) is 77.0 Å². The van der Waals surface area contributed by atoms with Gasteiger partial charge < -0.3 is 14.8 Å². The number of fused-ring (bicyclic) bond motifs is 4. The molecule has 0 saturated heterocycles. The van der Waals surface area contributed by atoms with E-state index in [-0.39, 0.29) is 24.8 Å². The highest BCUT2D eigenvalue weighted by atomic mass is 35.5. The van der Waals surface area contributed by atoms with E-state index >= 15 is 0 Å². The lowest BCUT2D eigenvalue weighted by molar-refractivity contribution is -0.156. The second-order valence-corrected chi connectivity index (χ2v) is 27.6. The van der Waals surface area contributed by atoms with Gasteiger partial charge in [0, 0.05) is 100.0 Å². The van der Waals surface area contributed by atoms with Crippen LogP contribution in [0.5, 0.6) is 0 Å². The molecule has 21 heteroatoms. The van der Waals surface area contributed by atoms with Gasteiger partial charge in [0.15, 0.2) is 5.82 Å². The van der Waals surface area contributed by atoms with Gasteiger partial charge in [0.1, 0.15) is 44.1 Å². The van der Waals surface area contributed by atoms with Crippen LogP contribution in [0.4, 0.5) is 5.00 Å². The Kier molecular flexibility index (Phi) is 18.7. The van der Waals surface area contributed by atoms with Gasteiger partial charge in [-0.05, 0) is 112 Å². The molecular weight excluding hydrogens is 1040 g/mol. The van der Waals surface area contributed by atoms with Gasteiger partial charge in [-0.1, -0.05) is 59.7 Å². The fraction of sp³-hybridized carbons (Fsp3) is 0.386. The summed E-state index contributed by atoms with van der Waals surface area (Å²) in [6.07, 6.45) is 0.173. The lowest BCUT2D eigenvalue weighted by Gasteiger charge is -2.21. The fourth-order valence-corrected chi connectivity index (χ4v) is 15.0. The fourth-order valence-electron chi connectivity index (χ4n) is 6.68. The van der Waals surface area contributed by atoms with Gasteiger partial charge in [-0.2, -0.15) is 0 Å². The van der Waals surface area contributed by atoms with Gasteiger partial charge in [-0.3, -0.25) is 24.1 Å². The van der Waals surface area contributed by atoms with Crippen LogP contribution in [-0.4, -0.2) is 60.4 Å². The zero-order valence-corrected chi connectivity index (χ0v) is 46.3. The average Bonchev–Trinajstić information content (AvgIpc) is 3.76. The summed E-state index contributed by atoms with van der Waals surface area (Å²) in [5.74, 6) is 0.773. The minimum atomic E-state index is -0.569. The first-order valence-corrected chi connectivity index (χ1v) is 29.4. The summed E-state index contributed by atoms with van der Waals surface area (Å²) in [6.45, 7) is 21.4. The zero-order valence-electron chi connectivity index (χ0n) is 37.5. The molecule has 65 heavy (non-hydrogen) atoms. The Morgan fingerprint density at radius 3 is 1.65 bits per heavy atom. The van der Waals surface area contributed by atoms with E-state index in [1.807, 2.05) is 102 Å². The van der Waals surface area contributed by atoms with Crippen LogP contribution in [0.15, 0.2) is 58.5 Å².